The molecular formula is C12H22O3. The minimum Gasteiger partial charge on any atom is -0.462 e. The molecule has 0 aliphatic carbocycles. The van der Waals surface area contributed by atoms with Crippen LogP contribution in [-0.2, 0) is 14.3 Å². The van der Waals surface area contributed by atoms with E-state index in [-0.39, 0.29) is 24.3 Å². The Morgan fingerprint density at radius 2 is 1.80 bits per heavy atom. The minimum absolute atomic E-state index is 0.0167. The maximum absolute atomic E-state index is 11.3. The molecule has 0 aromatic heterocycles. The molecule has 0 aromatic rings. The summed E-state index contributed by atoms with van der Waals surface area (Å²) < 4.78 is 5.20. The van der Waals surface area contributed by atoms with E-state index in [9.17, 15) is 9.59 Å². The Morgan fingerprint density at radius 1 is 1.13 bits per heavy atom. The van der Waals surface area contributed by atoms with Gasteiger partial charge in [-0.05, 0) is 19.3 Å². The van der Waals surface area contributed by atoms with Crippen LogP contribution >= 0.6 is 0 Å². The van der Waals surface area contributed by atoms with Gasteiger partial charge in [0.15, 0.2) is 0 Å². The zero-order chi connectivity index (χ0) is 11.7. The lowest BCUT2D eigenvalue weighted by atomic mass is 10.1. The molecular weight excluding hydrogens is 192 g/mol. The Labute approximate surface area is 92.2 Å². The summed E-state index contributed by atoms with van der Waals surface area (Å²) in [7, 11) is 0. The molecule has 0 N–H and O–H groups in total. The molecule has 88 valence electrons. The Hall–Kier alpha value is -0.860. The highest BCUT2D eigenvalue weighted by Crippen LogP contribution is 2.08. The maximum Gasteiger partial charge on any atom is 0.313 e. The van der Waals surface area contributed by atoms with Crippen molar-refractivity contribution in [3.63, 3.8) is 0 Å². The summed E-state index contributed by atoms with van der Waals surface area (Å²) in [5, 5.41) is 0. The van der Waals surface area contributed by atoms with Crippen molar-refractivity contribution in [2.45, 2.75) is 65.4 Å². The molecule has 0 radical (unpaired) electrons. The van der Waals surface area contributed by atoms with Crippen molar-refractivity contribution in [2.24, 2.45) is 0 Å². The van der Waals surface area contributed by atoms with Crippen LogP contribution in [0.25, 0.3) is 0 Å². The van der Waals surface area contributed by atoms with E-state index in [0.29, 0.717) is 6.42 Å². The fourth-order valence-electron chi connectivity index (χ4n) is 1.42. The normalized spacial score (nSPS) is 12.2. The number of rotatable bonds is 8. The topological polar surface area (TPSA) is 43.4 Å². The number of ether oxygens (including phenoxy) is 1. The Balaban J connectivity index is 3.84. The highest BCUT2D eigenvalue weighted by atomic mass is 16.5. The molecule has 3 heteroatoms. The molecule has 0 aromatic carbocycles. The van der Waals surface area contributed by atoms with Crippen LogP contribution in [-0.4, -0.2) is 17.9 Å². The smallest absolute Gasteiger partial charge is 0.313 e. The highest BCUT2D eigenvalue weighted by molar-refractivity contribution is 5.95. The van der Waals surface area contributed by atoms with Crippen LogP contribution in [0.4, 0.5) is 0 Å². The molecule has 0 heterocycles. The number of Topliss-reactive ketones (excluding diaryl/α,β-unsaturated/α-hetero) is 1. The van der Waals surface area contributed by atoms with Crippen molar-refractivity contribution in [3.8, 4) is 0 Å². The van der Waals surface area contributed by atoms with Crippen LogP contribution < -0.4 is 0 Å². The van der Waals surface area contributed by atoms with E-state index < -0.39 is 0 Å². The number of hydrogen-bond acceptors (Lipinski definition) is 3. The predicted molar refractivity (Wildman–Crippen MR) is 59.6 cm³/mol. The van der Waals surface area contributed by atoms with Gasteiger partial charge in [-0.1, -0.05) is 27.2 Å². The molecule has 0 aliphatic heterocycles. The van der Waals surface area contributed by atoms with Crippen molar-refractivity contribution in [1.29, 1.82) is 0 Å². The van der Waals surface area contributed by atoms with Gasteiger partial charge < -0.3 is 4.74 Å². The first-order valence-corrected chi connectivity index (χ1v) is 5.85. The van der Waals surface area contributed by atoms with Crippen LogP contribution in [0.1, 0.15) is 59.3 Å². The van der Waals surface area contributed by atoms with E-state index in [1.54, 1.807) is 0 Å². The standard InChI is InChI=1S/C12H22O3/c1-4-7-10(13)9-12(14)15-11(6-3)8-5-2/h11H,4-9H2,1-3H3. The number of ketones is 1. The first-order valence-electron chi connectivity index (χ1n) is 5.85. The first kappa shape index (κ1) is 14.1. The predicted octanol–water partition coefficient (Wildman–Crippen LogP) is 2.87. The highest BCUT2D eigenvalue weighted by Gasteiger charge is 2.14. The third kappa shape index (κ3) is 7.11. The van der Waals surface area contributed by atoms with Crippen LogP contribution in [0, 0.1) is 0 Å². The third-order valence-corrected chi connectivity index (χ3v) is 2.23. The summed E-state index contributed by atoms with van der Waals surface area (Å²) in [6.45, 7) is 5.97. The van der Waals surface area contributed by atoms with Gasteiger partial charge in [-0.3, -0.25) is 9.59 Å². The molecule has 0 fully saturated rings. The summed E-state index contributed by atoms with van der Waals surface area (Å²) in [6, 6.07) is 0. The fraction of sp³-hybridized carbons (Fsp3) is 0.833. The minimum atomic E-state index is -0.367. The molecule has 0 spiro atoms. The number of carbonyl (C=O) groups is 2. The Bertz CT molecular complexity index is 199. The van der Waals surface area contributed by atoms with Gasteiger partial charge in [-0.2, -0.15) is 0 Å². The Kier molecular flexibility index (Phi) is 7.96. The zero-order valence-corrected chi connectivity index (χ0v) is 10.0. The second kappa shape index (κ2) is 8.45. The van der Waals surface area contributed by atoms with E-state index in [1.165, 1.54) is 0 Å². The van der Waals surface area contributed by atoms with Crippen molar-refractivity contribution < 1.29 is 14.3 Å². The first-order chi connectivity index (χ1) is 7.13. The molecule has 0 saturated heterocycles. The fourth-order valence-corrected chi connectivity index (χ4v) is 1.42. The summed E-state index contributed by atoms with van der Waals surface area (Å²) in [5.41, 5.74) is 0. The van der Waals surface area contributed by atoms with Gasteiger partial charge in [-0.25, -0.2) is 0 Å². The summed E-state index contributed by atoms with van der Waals surface area (Å²) in [6.07, 6.45) is 3.88. The summed E-state index contributed by atoms with van der Waals surface area (Å²) >= 11 is 0. The monoisotopic (exact) mass is 214 g/mol. The molecule has 0 aliphatic rings. The lowest BCUT2D eigenvalue weighted by Gasteiger charge is -2.14. The van der Waals surface area contributed by atoms with Gasteiger partial charge in [0, 0.05) is 6.42 Å². The van der Waals surface area contributed by atoms with Crippen molar-refractivity contribution >= 4 is 11.8 Å². The van der Waals surface area contributed by atoms with E-state index in [4.69, 9.17) is 4.74 Å². The average Bonchev–Trinajstić information content (AvgIpc) is 2.17. The molecule has 0 saturated carbocycles. The van der Waals surface area contributed by atoms with Crippen LogP contribution in [0.3, 0.4) is 0 Å². The number of esters is 1. The van der Waals surface area contributed by atoms with Gasteiger partial charge >= 0.3 is 5.97 Å². The third-order valence-electron chi connectivity index (χ3n) is 2.23. The van der Waals surface area contributed by atoms with Gasteiger partial charge in [0.2, 0.25) is 0 Å². The van der Waals surface area contributed by atoms with Gasteiger partial charge in [-0.15, -0.1) is 0 Å². The molecule has 0 bridgehead atoms. The average molecular weight is 214 g/mol. The molecule has 3 nitrogen and oxygen atoms in total. The summed E-state index contributed by atoms with van der Waals surface area (Å²) in [4.78, 5) is 22.5. The van der Waals surface area contributed by atoms with Crippen LogP contribution in [0.2, 0.25) is 0 Å². The quantitative estimate of drug-likeness (QED) is 0.461. The molecule has 0 amide bonds. The molecule has 1 atom stereocenters. The lowest BCUT2D eigenvalue weighted by Crippen LogP contribution is -2.19. The second-order valence-electron chi connectivity index (χ2n) is 3.77. The molecule has 15 heavy (non-hydrogen) atoms. The summed E-state index contributed by atoms with van der Waals surface area (Å²) in [5.74, 6) is -0.386. The van der Waals surface area contributed by atoms with Gasteiger partial charge in [0.05, 0.1) is 0 Å². The van der Waals surface area contributed by atoms with Gasteiger partial charge in [0.25, 0.3) is 0 Å². The van der Waals surface area contributed by atoms with Crippen LogP contribution in [0.5, 0.6) is 0 Å². The SMILES string of the molecule is CCCC(=O)CC(=O)OC(CC)CCC. The number of hydrogen-bond donors (Lipinski definition) is 0. The zero-order valence-electron chi connectivity index (χ0n) is 10.0. The van der Waals surface area contributed by atoms with Crippen molar-refractivity contribution in [2.75, 3.05) is 0 Å². The largest absolute Gasteiger partial charge is 0.462 e. The second-order valence-corrected chi connectivity index (χ2v) is 3.77. The van der Waals surface area contributed by atoms with Gasteiger partial charge in [0.1, 0.15) is 18.3 Å². The van der Waals surface area contributed by atoms with Crippen LogP contribution in [0.15, 0.2) is 0 Å². The molecule has 1 unspecified atom stereocenters. The lowest BCUT2D eigenvalue weighted by molar-refractivity contribution is -0.151. The van der Waals surface area contributed by atoms with Crippen molar-refractivity contribution in [1.82, 2.24) is 0 Å². The maximum atomic E-state index is 11.3. The van der Waals surface area contributed by atoms with E-state index in [2.05, 4.69) is 6.92 Å². The van der Waals surface area contributed by atoms with E-state index in [0.717, 1.165) is 25.7 Å². The number of carbonyl (C=O) groups excluding carboxylic acids is 2. The van der Waals surface area contributed by atoms with E-state index >= 15 is 0 Å². The Morgan fingerprint density at radius 3 is 2.27 bits per heavy atom. The molecule has 0 rings (SSSR count). The van der Waals surface area contributed by atoms with E-state index in [1.807, 2.05) is 13.8 Å². The van der Waals surface area contributed by atoms with Crippen molar-refractivity contribution in [3.05, 3.63) is 0 Å².